The summed E-state index contributed by atoms with van der Waals surface area (Å²) in [5, 5.41) is 0.878. The van der Waals surface area contributed by atoms with Crippen LogP contribution in [-0.2, 0) is 28.6 Å². The Morgan fingerprint density at radius 1 is 0.541 bits per heavy atom. The summed E-state index contributed by atoms with van der Waals surface area (Å²) in [5.41, 5.74) is 11.3. The number of rotatable bonds is 8. The van der Waals surface area contributed by atoms with Gasteiger partial charge in [0.15, 0.2) is 0 Å². The molecule has 6 nitrogen and oxygen atoms in total. The second kappa shape index (κ2) is 24.9. The monoisotopic (exact) mass is 690 g/mol. The Labute approximate surface area is 258 Å². The van der Waals surface area contributed by atoms with Gasteiger partial charge < -0.3 is 21.3 Å². The molecule has 0 bridgehead atoms. The Morgan fingerprint density at radius 3 is 0.838 bits per heavy atom. The summed E-state index contributed by atoms with van der Waals surface area (Å²) < 4.78 is 22.6. The molecule has 0 amide bonds. The van der Waals surface area contributed by atoms with Gasteiger partial charge in [0, 0.05) is 52.6 Å². The summed E-state index contributed by atoms with van der Waals surface area (Å²) in [6, 6.07) is 1.07. The normalized spacial score (nSPS) is 17.3. The number of hydrogen-bond acceptors (Lipinski definition) is 8. The topological polar surface area (TPSA) is 127 Å². The van der Waals surface area contributed by atoms with E-state index in [4.69, 9.17) is 11.5 Å². The first-order valence-electron chi connectivity index (χ1n) is 13.4. The molecule has 2 saturated carbocycles. The minimum absolute atomic E-state index is 0. The first kappa shape index (κ1) is 43.8. The molecule has 37 heavy (non-hydrogen) atoms. The van der Waals surface area contributed by atoms with Gasteiger partial charge in [-0.1, -0.05) is 139 Å². The molecule has 0 aromatic carbocycles. The smallest absolute Gasteiger partial charge is 0.311 e. The van der Waals surface area contributed by atoms with Gasteiger partial charge in [0.1, 0.15) is 0 Å². The Balaban J connectivity index is -0.000000420. The van der Waals surface area contributed by atoms with Crippen molar-refractivity contribution in [2.45, 2.75) is 153 Å². The third kappa shape index (κ3) is 34.4. The van der Waals surface area contributed by atoms with Crippen LogP contribution in [0.4, 0.5) is 0 Å². The van der Waals surface area contributed by atoms with Gasteiger partial charge in [-0.05, 0) is 25.7 Å². The zero-order chi connectivity index (χ0) is 28.4. The van der Waals surface area contributed by atoms with Gasteiger partial charge in [0.05, 0.1) is 0 Å². The van der Waals surface area contributed by atoms with Crippen LogP contribution in [0.15, 0.2) is 0 Å². The summed E-state index contributed by atoms with van der Waals surface area (Å²) in [5.74, 6) is -5.94. The minimum atomic E-state index is -2.97. The molecule has 13 heteroatoms. The molecule has 2 rings (SSSR count). The van der Waals surface area contributed by atoms with Crippen molar-refractivity contribution in [3.05, 3.63) is 0 Å². The summed E-state index contributed by atoms with van der Waals surface area (Å²) in [6.45, 7) is 15.4. The van der Waals surface area contributed by atoms with E-state index in [1.807, 2.05) is 55.4 Å². The van der Waals surface area contributed by atoms with Crippen LogP contribution in [0.5, 0.6) is 0 Å². The van der Waals surface area contributed by atoms with E-state index in [0.717, 1.165) is 45.5 Å². The van der Waals surface area contributed by atoms with Gasteiger partial charge in [-0.3, -0.25) is 9.13 Å². The molecule has 0 aromatic heterocycles. The molecule has 2 fully saturated rings. The average Bonchev–Trinajstić information content (AvgIpc) is 2.66. The molecule has 0 unspecified atom stereocenters. The Hall–Kier alpha value is 2.32. The van der Waals surface area contributed by atoms with E-state index in [9.17, 15) is 18.9 Å². The van der Waals surface area contributed by atoms with E-state index in [1.165, 1.54) is 64.2 Å². The summed E-state index contributed by atoms with van der Waals surface area (Å²) in [4.78, 5) is 18.7. The Morgan fingerprint density at radius 2 is 0.730 bits per heavy atom. The van der Waals surface area contributed by atoms with E-state index >= 15 is 0 Å². The maximum atomic E-state index is 11.3. The number of hydrogen-bond donors (Lipinski definition) is 4. The van der Waals surface area contributed by atoms with E-state index in [1.54, 1.807) is 0 Å². The molecule has 6 N–H and O–H groups in total. The van der Waals surface area contributed by atoms with Crippen LogP contribution >= 0.6 is 57.1 Å². The second-order valence-electron chi connectivity index (χ2n) is 10.3. The summed E-state index contributed by atoms with van der Waals surface area (Å²) in [6.07, 6.45) is 13.3. The predicted molar refractivity (Wildman–Crippen MR) is 173 cm³/mol. The van der Waals surface area contributed by atoms with Crippen molar-refractivity contribution in [2.75, 3.05) is 0 Å². The van der Waals surface area contributed by atoms with Crippen LogP contribution in [0.1, 0.15) is 120 Å². The molecule has 0 aliphatic heterocycles. The van der Waals surface area contributed by atoms with E-state index < -0.39 is 11.5 Å². The summed E-state index contributed by atoms with van der Waals surface area (Å²) >= 11 is 4.64. The SMILES string of the molecule is CC(C)SP(=O)(O)SC(C)C.CC(C)SP(=O)(O)SC(C)C.NC1CCCCC1.NC1CCCCC1.[Zn]. The third-order valence-corrected chi connectivity index (χ3v) is 18.8. The molecule has 0 aromatic rings. The fraction of sp³-hybridized carbons (Fsp3) is 1.00. The van der Waals surface area contributed by atoms with E-state index in [0.29, 0.717) is 12.1 Å². The maximum absolute atomic E-state index is 11.3. The van der Waals surface area contributed by atoms with Crippen LogP contribution in [-0.4, -0.2) is 42.9 Å². The van der Waals surface area contributed by atoms with Crippen LogP contribution in [0, 0.1) is 0 Å². The molecule has 0 spiro atoms. The van der Waals surface area contributed by atoms with Gasteiger partial charge >= 0.3 is 11.5 Å². The van der Waals surface area contributed by atoms with Gasteiger partial charge in [-0.15, -0.1) is 0 Å². The molecule has 0 atom stereocenters. The first-order valence-corrected chi connectivity index (χ1v) is 22.6. The van der Waals surface area contributed by atoms with Crippen LogP contribution < -0.4 is 11.5 Å². The molecule has 2 aliphatic carbocycles. The quantitative estimate of drug-likeness (QED) is 0.144. The Bertz CT molecular complexity index is 544. The molecule has 2 aliphatic rings. The van der Waals surface area contributed by atoms with Gasteiger partial charge in [-0.25, -0.2) is 0 Å². The van der Waals surface area contributed by atoms with Crippen molar-refractivity contribution >= 4 is 57.1 Å². The fourth-order valence-corrected chi connectivity index (χ4v) is 19.4. The molecule has 0 radical (unpaired) electrons. The van der Waals surface area contributed by atoms with Gasteiger partial charge in [0.25, 0.3) is 0 Å². The minimum Gasteiger partial charge on any atom is -0.329 e. The number of nitrogens with two attached hydrogens (primary N) is 2. The maximum Gasteiger partial charge on any atom is 0.311 e. The molecular weight excluding hydrogens is 636 g/mol. The standard InChI is InChI=1S/2C6H13N.2C6H15O2PS2.Zn/c2*7-6-4-2-1-3-5-6;2*1-5(2)10-9(7,8)11-6(3)4;/h2*6H,1-5,7H2;2*5-6H,1-4H3,(H,7,8);. The zero-order valence-electron chi connectivity index (χ0n) is 24.6. The van der Waals surface area contributed by atoms with Crippen molar-refractivity contribution in [3.8, 4) is 0 Å². The van der Waals surface area contributed by atoms with Crippen LogP contribution in [0.3, 0.4) is 0 Å². The van der Waals surface area contributed by atoms with Crippen LogP contribution in [0.2, 0.25) is 0 Å². The average molecular weight is 692 g/mol. The van der Waals surface area contributed by atoms with Crippen LogP contribution in [0.25, 0.3) is 0 Å². The van der Waals surface area contributed by atoms with E-state index in [-0.39, 0.29) is 40.5 Å². The first-order chi connectivity index (χ1) is 16.5. The third-order valence-electron chi connectivity index (χ3n) is 4.68. The molecular formula is C24H56N2O4P2S4Zn. The van der Waals surface area contributed by atoms with Crippen molar-refractivity contribution in [1.29, 1.82) is 0 Å². The van der Waals surface area contributed by atoms with E-state index in [2.05, 4.69) is 0 Å². The molecule has 0 heterocycles. The molecule has 0 saturated heterocycles. The fourth-order valence-electron chi connectivity index (χ4n) is 3.38. The van der Waals surface area contributed by atoms with Crippen molar-refractivity contribution in [3.63, 3.8) is 0 Å². The zero-order valence-corrected chi connectivity index (χ0v) is 32.7. The van der Waals surface area contributed by atoms with Gasteiger partial charge in [-0.2, -0.15) is 0 Å². The Kier molecular flexibility index (Phi) is 29.4. The van der Waals surface area contributed by atoms with Crippen molar-refractivity contribution in [1.82, 2.24) is 0 Å². The summed E-state index contributed by atoms with van der Waals surface area (Å²) in [7, 11) is 0. The van der Waals surface area contributed by atoms with Crippen molar-refractivity contribution in [2.24, 2.45) is 11.5 Å². The van der Waals surface area contributed by atoms with Gasteiger partial charge in [0.2, 0.25) is 0 Å². The largest absolute Gasteiger partial charge is 0.329 e. The molecule has 222 valence electrons. The predicted octanol–water partition coefficient (Wildman–Crippen LogP) is 9.29. The van der Waals surface area contributed by atoms with Crippen molar-refractivity contribution < 1.29 is 38.4 Å². The second-order valence-corrected chi connectivity index (χ2v) is 26.7.